The lowest BCUT2D eigenvalue weighted by Crippen LogP contribution is -2.22. The van der Waals surface area contributed by atoms with Gasteiger partial charge in [-0.2, -0.15) is 0 Å². The zero-order chi connectivity index (χ0) is 15.5. The van der Waals surface area contributed by atoms with Crippen LogP contribution in [-0.4, -0.2) is 30.6 Å². The van der Waals surface area contributed by atoms with Gasteiger partial charge in [0.1, 0.15) is 0 Å². The van der Waals surface area contributed by atoms with Crippen LogP contribution in [0.2, 0.25) is 0 Å². The van der Waals surface area contributed by atoms with Gasteiger partial charge in [0, 0.05) is 23.7 Å². The molecule has 1 fully saturated rings. The molecule has 2 aromatic rings. The van der Waals surface area contributed by atoms with Crippen LogP contribution in [-0.2, 0) is 6.54 Å². The van der Waals surface area contributed by atoms with Crippen LogP contribution in [0.25, 0.3) is 0 Å². The molecule has 2 N–H and O–H groups in total. The molecule has 0 spiro atoms. The molecule has 0 aliphatic carbocycles. The fourth-order valence-corrected chi connectivity index (χ4v) is 3.76. The molecular weight excluding hydrogens is 298 g/mol. The highest BCUT2D eigenvalue weighted by Gasteiger charge is 2.27. The van der Waals surface area contributed by atoms with E-state index in [0.717, 1.165) is 31.0 Å². The minimum Gasteiger partial charge on any atom is -0.493 e. The minimum absolute atomic E-state index is 0.406. The number of thiazole rings is 1. The maximum atomic E-state index is 5.73. The first-order valence-corrected chi connectivity index (χ1v) is 8.19. The van der Waals surface area contributed by atoms with Crippen LogP contribution in [0.5, 0.6) is 11.5 Å². The number of nitrogen functional groups attached to an aromatic ring is 1. The lowest BCUT2D eigenvalue weighted by molar-refractivity contribution is 0.249. The number of nitrogens with zero attached hydrogens (tertiary/aromatic N) is 2. The van der Waals surface area contributed by atoms with E-state index in [1.165, 1.54) is 16.9 Å². The van der Waals surface area contributed by atoms with Crippen LogP contribution in [0.15, 0.2) is 24.4 Å². The fourth-order valence-electron chi connectivity index (χ4n) is 3.05. The number of methoxy groups -OCH3 is 2. The van der Waals surface area contributed by atoms with Gasteiger partial charge in [-0.1, -0.05) is 6.07 Å². The van der Waals surface area contributed by atoms with Crippen molar-refractivity contribution in [3.8, 4) is 11.5 Å². The van der Waals surface area contributed by atoms with E-state index >= 15 is 0 Å². The first-order valence-electron chi connectivity index (χ1n) is 7.37. The number of hydrogen-bond acceptors (Lipinski definition) is 6. The summed E-state index contributed by atoms with van der Waals surface area (Å²) in [6.45, 7) is 1.99. The Morgan fingerprint density at radius 1 is 1.32 bits per heavy atom. The lowest BCUT2D eigenvalue weighted by atomic mass is 10.0. The van der Waals surface area contributed by atoms with Crippen LogP contribution >= 0.6 is 11.3 Å². The molecule has 1 aromatic heterocycles. The van der Waals surface area contributed by atoms with Crippen LogP contribution in [0, 0.1) is 0 Å². The Balaban J connectivity index is 1.80. The average molecular weight is 319 g/mol. The smallest absolute Gasteiger partial charge is 0.180 e. The summed E-state index contributed by atoms with van der Waals surface area (Å²) in [4.78, 5) is 7.83. The first-order chi connectivity index (χ1) is 10.7. The van der Waals surface area contributed by atoms with E-state index in [9.17, 15) is 0 Å². The standard InChI is InChI=1S/C16H21N3O2S/c1-20-14-6-5-11(8-15(14)21-2)13-4-3-7-19(13)10-12-9-18-16(17)22-12/h5-6,8-9,13H,3-4,7,10H2,1-2H3,(H2,17,18). The Kier molecular flexibility index (Phi) is 4.49. The number of likely N-dealkylation sites (tertiary alicyclic amines) is 1. The monoisotopic (exact) mass is 319 g/mol. The van der Waals surface area contributed by atoms with E-state index in [2.05, 4.69) is 22.0 Å². The number of hydrogen-bond donors (Lipinski definition) is 1. The molecule has 0 amide bonds. The maximum absolute atomic E-state index is 5.73. The van der Waals surface area contributed by atoms with Crippen molar-refractivity contribution in [1.82, 2.24) is 9.88 Å². The molecular formula is C16H21N3O2S. The first kappa shape index (κ1) is 15.1. The molecule has 3 rings (SSSR count). The predicted molar refractivity (Wildman–Crippen MR) is 88.5 cm³/mol. The van der Waals surface area contributed by atoms with Crippen molar-refractivity contribution >= 4 is 16.5 Å². The maximum Gasteiger partial charge on any atom is 0.180 e. The molecule has 0 saturated carbocycles. The summed E-state index contributed by atoms with van der Waals surface area (Å²) in [5.74, 6) is 1.56. The third-order valence-corrected chi connectivity index (χ3v) is 4.90. The normalized spacial score (nSPS) is 18.5. The number of anilines is 1. The van der Waals surface area contributed by atoms with Crippen LogP contribution in [0.3, 0.4) is 0 Å². The van der Waals surface area contributed by atoms with E-state index in [1.807, 2.05) is 12.3 Å². The highest BCUT2D eigenvalue weighted by molar-refractivity contribution is 7.15. The van der Waals surface area contributed by atoms with Gasteiger partial charge < -0.3 is 15.2 Å². The Morgan fingerprint density at radius 2 is 2.14 bits per heavy atom. The molecule has 2 heterocycles. The van der Waals surface area contributed by atoms with Gasteiger partial charge in [0.2, 0.25) is 0 Å². The summed E-state index contributed by atoms with van der Waals surface area (Å²) in [6, 6.07) is 6.60. The molecule has 1 aliphatic heterocycles. The van der Waals surface area contributed by atoms with Gasteiger partial charge in [-0.05, 0) is 37.1 Å². The van der Waals surface area contributed by atoms with Gasteiger partial charge in [-0.25, -0.2) is 4.98 Å². The third-order valence-electron chi connectivity index (χ3n) is 4.09. The van der Waals surface area contributed by atoms with Gasteiger partial charge >= 0.3 is 0 Å². The zero-order valence-electron chi connectivity index (χ0n) is 12.9. The average Bonchev–Trinajstić information content (AvgIpc) is 3.16. The van der Waals surface area contributed by atoms with E-state index in [0.29, 0.717) is 11.2 Å². The molecule has 22 heavy (non-hydrogen) atoms. The second kappa shape index (κ2) is 6.54. The summed E-state index contributed by atoms with van der Waals surface area (Å²) in [5.41, 5.74) is 7.00. The Hall–Kier alpha value is -1.79. The summed E-state index contributed by atoms with van der Waals surface area (Å²) >= 11 is 1.57. The molecule has 118 valence electrons. The summed E-state index contributed by atoms with van der Waals surface area (Å²) in [5, 5.41) is 0.636. The number of nitrogens with two attached hydrogens (primary N) is 1. The highest BCUT2D eigenvalue weighted by Crippen LogP contribution is 2.38. The topological polar surface area (TPSA) is 60.6 Å². The molecule has 0 bridgehead atoms. The van der Waals surface area contributed by atoms with E-state index in [4.69, 9.17) is 15.2 Å². The number of benzene rings is 1. The quantitative estimate of drug-likeness (QED) is 0.917. The van der Waals surface area contributed by atoms with E-state index < -0.39 is 0 Å². The Bertz CT molecular complexity index is 644. The fraction of sp³-hybridized carbons (Fsp3) is 0.438. The summed E-state index contributed by atoms with van der Waals surface area (Å²) < 4.78 is 10.7. The van der Waals surface area contributed by atoms with Crippen LogP contribution in [0.1, 0.15) is 29.3 Å². The molecule has 6 heteroatoms. The minimum atomic E-state index is 0.406. The zero-order valence-corrected chi connectivity index (χ0v) is 13.7. The van der Waals surface area contributed by atoms with Crippen LogP contribution in [0.4, 0.5) is 5.13 Å². The van der Waals surface area contributed by atoms with Crippen LogP contribution < -0.4 is 15.2 Å². The molecule has 0 radical (unpaired) electrons. The van der Waals surface area contributed by atoms with E-state index in [1.54, 1.807) is 25.6 Å². The largest absolute Gasteiger partial charge is 0.493 e. The summed E-state index contributed by atoms with van der Waals surface area (Å²) in [6.07, 6.45) is 4.24. The molecule has 1 unspecified atom stereocenters. The SMILES string of the molecule is COc1ccc(C2CCCN2Cc2cnc(N)s2)cc1OC. The molecule has 5 nitrogen and oxygen atoms in total. The molecule has 1 aromatic carbocycles. The van der Waals surface area contributed by atoms with Gasteiger partial charge in [0.15, 0.2) is 16.6 Å². The lowest BCUT2D eigenvalue weighted by Gasteiger charge is -2.24. The Morgan fingerprint density at radius 3 is 2.82 bits per heavy atom. The molecule has 1 aliphatic rings. The van der Waals surface area contributed by atoms with Gasteiger partial charge in [0.05, 0.1) is 14.2 Å². The molecule has 1 atom stereocenters. The van der Waals surface area contributed by atoms with Crippen molar-refractivity contribution in [3.63, 3.8) is 0 Å². The Labute approximate surface area is 134 Å². The number of rotatable bonds is 5. The van der Waals surface area contributed by atoms with Crippen molar-refractivity contribution < 1.29 is 9.47 Å². The van der Waals surface area contributed by atoms with Crippen molar-refractivity contribution in [3.05, 3.63) is 34.8 Å². The van der Waals surface area contributed by atoms with Crippen molar-refractivity contribution in [2.45, 2.75) is 25.4 Å². The van der Waals surface area contributed by atoms with Crippen molar-refractivity contribution in [1.29, 1.82) is 0 Å². The third kappa shape index (κ3) is 3.03. The number of aromatic nitrogens is 1. The van der Waals surface area contributed by atoms with Crippen molar-refractivity contribution in [2.75, 3.05) is 26.5 Å². The summed E-state index contributed by atoms with van der Waals surface area (Å²) in [7, 11) is 3.34. The van der Waals surface area contributed by atoms with E-state index in [-0.39, 0.29) is 0 Å². The number of ether oxygens (including phenoxy) is 2. The molecule has 1 saturated heterocycles. The van der Waals surface area contributed by atoms with Gasteiger partial charge in [0.25, 0.3) is 0 Å². The van der Waals surface area contributed by atoms with Gasteiger partial charge in [-0.15, -0.1) is 11.3 Å². The second-order valence-electron chi connectivity index (χ2n) is 5.41. The highest BCUT2D eigenvalue weighted by atomic mass is 32.1. The predicted octanol–water partition coefficient (Wildman–Crippen LogP) is 3.08. The van der Waals surface area contributed by atoms with Crippen molar-refractivity contribution in [2.24, 2.45) is 0 Å². The second-order valence-corrected chi connectivity index (χ2v) is 6.55. The van der Waals surface area contributed by atoms with Gasteiger partial charge in [-0.3, -0.25) is 4.90 Å².